The van der Waals surface area contributed by atoms with Crippen LogP contribution in [0.1, 0.15) is 19.3 Å². The SMILES string of the molecule is O=C(O)CCC(CP(=O)(O)CCC(=O)O)C(=O)O.[Fm].[Fm].[Fm]. The van der Waals surface area contributed by atoms with Gasteiger partial charge in [0.05, 0.1) is 12.3 Å². The van der Waals surface area contributed by atoms with E-state index < -0.39 is 56.4 Å². The summed E-state index contributed by atoms with van der Waals surface area (Å²) in [6.07, 6.45) is -2.33. The quantitative estimate of drug-likeness (QED) is 0.242. The molecule has 0 aromatic carbocycles. The maximum atomic E-state index is 11.6. The van der Waals surface area contributed by atoms with Crippen LogP contribution in [0.4, 0.5) is 0 Å². The maximum Gasteiger partial charge on any atom is 0.307 e. The van der Waals surface area contributed by atoms with Gasteiger partial charge in [-0.05, 0) is 6.42 Å². The molecule has 0 radical (unpaired) electrons. The van der Waals surface area contributed by atoms with E-state index in [0.717, 1.165) is 0 Å². The predicted octanol–water partition coefficient (Wildman–Crippen LogP) is 0.297. The minimum Gasteiger partial charge on any atom is -0.481 e. The molecular weight excluding hydrogens is 1040 g/mol. The van der Waals surface area contributed by atoms with Crippen LogP contribution in [0.2, 0.25) is 0 Å². The molecule has 2 atom stereocenters. The van der Waals surface area contributed by atoms with Crippen molar-refractivity contribution < 1.29 is 39.2 Å². The van der Waals surface area contributed by atoms with Gasteiger partial charge in [-0.25, -0.2) is 0 Å². The number of hydrogen-bond acceptors (Lipinski definition) is 4. The van der Waals surface area contributed by atoms with Gasteiger partial charge in [0.1, 0.15) is 0 Å². The van der Waals surface area contributed by atoms with E-state index >= 15 is 0 Å². The average molecular weight is 1050 g/mol. The zero-order chi connectivity index (χ0) is 14.3. The van der Waals surface area contributed by atoms with Crippen molar-refractivity contribution in [2.24, 2.45) is 5.92 Å². The minimum atomic E-state index is -3.87. The summed E-state index contributed by atoms with van der Waals surface area (Å²) in [7, 11) is -3.87. The molecule has 0 aliphatic rings. The van der Waals surface area contributed by atoms with Gasteiger partial charge in [0.25, 0.3) is 0 Å². The molecule has 21 heavy (non-hydrogen) atoms. The molecular formula is C9H15Fm3O8P. The van der Waals surface area contributed by atoms with Gasteiger partial charge in [-0.3, -0.25) is 18.9 Å². The van der Waals surface area contributed by atoms with Gasteiger partial charge in [0.2, 0.25) is 7.37 Å². The first-order valence-electron chi connectivity index (χ1n) is 5.11. The molecule has 0 heterocycles. The molecule has 0 rings (SSSR count). The Balaban J connectivity index is -0.000000482. The number of carbonyl (C=O) groups is 3. The fourth-order valence-electron chi connectivity index (χ4n) is 1.30. The Morgan fingerprint density at radius 3 is 1.67 bits per heavy atom. The molecule has 140 valence electrons. The van der Waals surface area contributed by atoms with E-state index in [9.17, 15) is 23.8 Å². The molecule has 0 amide bonds. The average Bonchev–Trinajstić information content (AvgIpc) is 2.21. The molecule has 0 aromatic heterocycles. The van der Waals surface area contributed by atoms with Crippen LogP contribution in [0.5, 0.6) is 0 Å². The van der Waals surface area contributed by atoms with Crippen molar-refractivity contribution in [1.29, 1.82) is 0 Å². The third kappa shape index (κ3) is 11.9. The van der Waals surface area contributed by atoms with E-state index in [1.165, 1.54) is 0 Å². The second kappa shape index (κ2) is 9.61. The minimum absolute atomic E-state index is 0. The van der Waals surface area contributed by atoms with Gasteiger partial charge in [-0.1, -0.05) is 0 Å². The fourth-order valence-corrected chi connectivity index (χ4v) is 3.05. The molecule has 0 aliphatic carbocycles. The first-order chi connectivity index (χ1) is 8.14. The standard InChI is InChI=1S/C9H15O8P.3Fm/c10-7(11)2-1-6(9(14)15)5-18(16,17)4-3-8(12)13;;;/h6H,1-5H2,(H,10,11)(H,12,13)(H,14,15)(H,16,17);;;. The van der Waals surface area contributed by atoms with Crippen LogP contribution in [-0.2, 0) is 18.9 Å². The van der Waals surface area contributed by atoms with Crippen molar-refractivity contribution in [2.45, 2.75) is 19.3 Å². The third-order valence-electron chi connectivity index (χ3n) is 2.24. The van der Waals surface area contributed by atoms with E-state index in [0.29, 0.717) is 0 Å². The fraction of sp³-hybridized carbons (Fsp3) is 0.667. The van der Waals surface area contributed by atoms with Crippen LogP contribution >= 0.6 is 7.37 Å². The molecule has 0 saturated carbocycles. The summed E-state index contributed by atoms with van der Waals surface area (Å²) in [4.78, 5) is 40.8. The van der Waals surface area contributed by atoms with E-state index in [-0.39, 0.29) is 6.42 Å². The Bertz CT molecular complexity index is 389. The number of hydrogen-bond donors (Lipinski definition) is 4. The number of aliphatic carboxylic acids is 3. The monoisotopic (exact) mass is 1050 g/mol. The predicted molar refractivity (Wildman–Crippen MR) is 59.8 cm³/mol. The maximum absolute atomic E-state index is 11.6. The molecule has 0 bridgehead atoms. The summed E-state index contributed by atoms with van der Waals surface area (Å²) in [5.41, 5.74) is 0. The molecule has 0 fully saturated rings. The molecule has 8 nitrogen and oxygen atoms in total. The zero-order valence-corrected chi connectivity index (χ0v) is 18.5. The summed E-state index contributed by atoms with van der Waals surface area (Å²) in [5, 5.41) is 25.6. The molecule has 4 N–H and O–H groups in total. The van der Waals surface area contributed by atoms with E-state index in [1.54, 1.807) is 0 Å². The van der Waals surface area contributed by atoms with Gasteiger partial charge in [0, 0.05) is 18.7 Å². The van der Waals surface area contributed by atoms with Gasteiger partial charge >= 0.3 is 17.9 Å². The van der Waals surface area contributed by atoms with Crippen LogP contribution in [0.15, 0.2) is 0 Å². The Hall–Kier alpha value is -4.40. The molecule has 0 spiro atoms. The summed E-state index contributed by atoms with van der Waals surface area (Å²) >= 11 is 0. The molecule has 0 aliphatic heterocycles. The number of rotatable bonds is 9. The van der Waals surface area contributed by atoms with Crippen LogP contribution < -0.4 is 0 Å². The van der Waals surface area contributed by atoms with E-state index in [4.69, 9.17) is 15.3 Å². The van der Waals surface area contributed by atoms with Gasteiger partial charge in [-0.2, -0.15) is 0 Å². The van der Waals surface area contributed by atoms with Crippen LogP contribution in [-0.4, -0.2) is 50.4 Å². The largest absolute Gasteiger partial charge is 0.481 e. The second-order valence-corrected chi connectivity index (χ2v) is 6.37. The smallest absolute Gasteiger partial charge is 0.307 e. The van der Waals surface area contributed by atoms with Crippen LogP contribution in [0.25, 0.3) is 0 Å². The Morgan fingerprint density at radius 1 is 0.905 bits per heavy atom. The van der Waals surface area contributed by atoms with Gasteiger partial charge < -0.3 is 20.2 Å². The molecule has 2 unspecified atom stereocenters. The Morgan fingerprint density at radius 2 is 1.33 bits per heavy atom. The molecule has 12 heteroatoms. The summed E-state index contributed by atoms with van der Waals surface area (Å²) < 4.78 is 11.6. The number of carboxylic acids is 3. The van der Waals surface area contributed by atoms with Crippen molar-refractivity contribution in [1.82, 2.24) is 0 Å². The topological polar surface area (TPSA) is 149 Å². The van der Waals surface area contributed by atoms with Crippen molar-refractivity contribution in [3.05, 3.63) is 0 Å². The summed E-state index contributed by atoms with van der Waals surface area (Å²) in [5.74, 6) is -5.06. The van der Waals surface area contributed by atoms with Crippen LogP contribution in [0, 0.1) is 5.92 Å². The van der Waals surface area contributed by atoms with Crippen molar-refractivity contribution in [2.75, 3.05) is 12.3 Å². The first-order valence-corrected chi connectivity index (χ1v) is 7.14. The van der Waals surface area contributed by atoms with E-state index in [1.807, 2.05) is 0 Å². The molecule has 0 saturated heterocycles. The number of carboxylic acid groups (broad SMARTS) is 3. The second-order valence-electron chi connectivity index (χ2n) is 3.86. The molecule has 0 aromatic rings. The van der Waals surface area contributed by atoms with Gasteiger partial charge in [-0.15, -0.1) is 0 Å². The third-order valence-corrected chi connectivity index (χ3v) is 4.17. The zero-order valence-electron chi connectivity index (χ0n) is 10.3. The van der Waals surface area contributed by atoms with Gasteiger partial charge in [0.15, 0.2) is 0 Å². The van der Waals surface area contributed by atoms with E-state index in [2.05, 4.69) is 0 Å². The van der Waals surface area contributed by atoms with Crippen molar-refractivity contribution >= 4 is 25.3 Å². The first kappa shape index (κ1) is 25.4. The Labute approximate surface area is 103 Å². The Kier molecular flexibility index (Phi) is 11.6. The van der Waals surface area contributed by atoms with Crippen molar-refractivity contribution in [3.63, 3.8) is 0 Å². The summed E-state index contributed by atoms with van der Waals surface area (Å²) in [6.45, 7) is 0. The normalized spacial score (nSPS) is 13.4. The van der Waals surface area contributed by atoms with Crippen LogP contribution in [0.3, 0.4) is 0 Å². The van der Waals surface area contributed by atoms with Crippen molar-refractivity contribution in [3.8, 4) is 0 Å². The summed E-state index contributed by atoms with van der Waals surface area (Å²) in [6, 6.07) is 0.